The minimum atomic E-state index is 0.260. The highest BCUT2D eigenvalue weighted by Crippen LogP contribution is 2.32. The molecule has 0 saturated heterocycles. The van der Waals surface area contributed by atoms with Gasteiger partial charge in [0.25, 0.3) is 0 Å². The van der Waals surface area contributed by atoms with Crippen molar-refractivity contribution in [3.8, 4) is 5.75 Å². The van der Waals surface area contributed by atoms with E-state index in [2.05, 4.69) is 47.8 Å². The van der Waals surface area contributed by atoms with Crippen LogP contribution >= 0.6 is 0 Å². The van der Waals surface area contributed by atoms with Gasteiger partial charge in [-0.3, -0.25) is 0 Å². The molecule has 2 aromatic rings. The van der Waals surface area contributed by atoms with Gasteiger partial charge in [-0.25, -0.2) is 0 Å². The summed E-state index contributed by atoms with van der Waals surface area (Å²) in [6, 6.07) is 19.3. The number of rotatable bonds is 7. The first-order chi connectivity index (χ1) is 10.4. The van der Waals surface area contributed by atoms with Gasteiger partial charge in [0.05, 0.1) is 13.2 Å². The summed E-state index contributed by atoms with van der Waals surface area (Å²) in [5, 5.41) is 3.72. The van der Waals surface area contributed by atoms with Gasteiger partial charge in [0.15, 0.2) is 0 Å². The molecule has 1 atom stereocenters. The van der Waals surface area contributed by atoms with Crippen LogP contribution in [0.3, 0.4) is 0 Å². The van der Waals surface area contributed by atoms with Crippen LogP contribution in [-0.4, -0.2) is 13.7 Å². The molecule has 2 aromatic carbocycles. The van der Waals surface area contributed by atoms with E-state index in [0.717, 1.165) is 18.2 Å². The monoisotopic (exact) mass is 281 g/mol. The summed E-state index contributed by atoms with van der Waals surface area (Å²) >= 11 is 0. The van der Waals surface area contributed by atoms with Crippen molar-refractivity contribution in [3.63, 3.8) is 0 Å². The Labute approximate surface area is 127 Å². The summed E-state index contributed by atoms with van der Waals surface area (Å²) in [5.74, 6) is 1.87. The summed E-state index contributed by atoms with van der Waals surface area (Å²) in [6.45, 7) is 1.08. The van der Waals surface area contributed by atoms with Crippen LogP contribution in [0.1, 0.15) is 36.4 Å². The Hall–Kier alpha value is -1.80. The van der Waals surface area contributed by atoms with E-state index in [-0.39, 0.29) is 6.04 Å². The van der Waals surface area contributed by atoms with Crippen LogP contribution in [0, 0.1) is 5.92 Å². The Morgan fingerprint density at radius 1 is 1.00 bits per heavy atom. The lowest BCUT2D eigenvalue weighted by atomic mass is 9.98. The fraction of sp³-hybridized carbons (Fsp3) is 0.368. The minimum absolute atomic E-state index is 0.260. The molecule has 0 spiro atoms. The fourth-order valence-corrected chi connectivity index (χ4v) is 2.71. The van der Waals surface area contributed by atoms with Crippen molar-refractivity contribution in [1.29, 1.82) is 0 Å². The average molecular weight is 281 g/mol. The maximum Gasteiger partial charge on any atom is 0.118 e. The highest BCUT2D eigenvalue weighted by atomic mass is 16.5. The van der Waals surface area contributed by atoms with E-state index in [1.54, 1.807) is 7.11 Å². The molecule has 21 heavy (non-hydrogen) atoms. The lowest BCUT2D eigenvalue weighted by molar-refractivity contribution is 0.414. The third-order valence-electron chi connectivity index (χ3n) is 4.18. The molecule has 0 amide bonds. The molecule has 1 aliphatic rings. The van der Waals surface area contributed by atoms with E-state index in [1.165, 1.54) is 30.4 Å². The van der Waals surface area contributed by atoms with Crippen molar-refractivity contribution in [2.24, 2.45) is 5.92 Å². The van der Waals surface area contributed by atoms with Crippen molar-refractivity contribution in [3.05, 3.63) is 65.7 Å². The summed E-state index contributed by atoms with van der Waals surface area (Å²) < 4.78 is 5.26. The van der Waals surface area contributed by atoms with Gasteiger partial charge in [0.2, 0.25) is 0 Å². The van der Waals surface area contributed by atoms with E-state index in [0.29, 0.717) is 0 Å². The van der Waals surface area contributed by atoms with Crippen LogP contribution in [0.4, 0.5) is 0 Å². The molecule has 0 heterocycles. The van der Waals surface area contributed by atoms with E-state index < -0.39 is 0 Å². The van der Waals surface area contributed by atoms with Crippen molar-refractivity contribution in [1.82, 2.24) is 5.32 Å². The second kappa shape index (κ2) is 6.77. The normalized spacial score (nSPS) is 15.7. The molecule has 1 unspecified atom stereocenters. The minimum Gasteiger partial charge on any atom is -0.497 e. The number of hydrogen-bond donors (Lipinski definition) is 1. The first-order valence-electron chi connectivity index (χ1n) is 7.79. The second-order valence-corrected chi connectivity index (χ2v) is 5.80. The van der Waals surface area contributed by atoms with Crippen molar-refractivity contribution >= 4 is 0 Å². The number of nitrogens with one attached hydrogen (secondary N) is 1. The molecule has 0 bridgehead atoms. The lowest BCUT2D eigenvalue weighted by Crippen LogP contribution is -2.23. The molecule has 1 saturated carbocycles. The first kappa shape index (κ1) is 14.2. The fourth-order valence-electron chi connectivity index (χ4n) is 2.71. The summed E-state index contributed by atoms with van der Waals surface area (Å²) in [4.78, 5) is 0. The number of hydrogen-bond acceptors (Lipinski definition) is 2. The maximum absolute atomic E-state index is 5.26. The summed E-state index contributed by atoms with van der Waals surface area (Å²) in [5.41, 5.74) is 2.61. The van der Waals surface area contributed by atoms with Gasteiger partial charge >= 0.3 is 0 Å². The zero-order valence-electron chi connectivity index (χ0n) is 12.6. The van der Waals surface area contributed by atoms with Gasteiger partial charge in [0.1, 0.15) is 5.75 Å². The first-order valence-corrected chi connectivity index (χ1v) is 7.79. The molecule has 2 heteroatoms. The SMILES string of the molecule is COc1ccc(C(NCCC2CC2)c2ccccc2)cc1. The van der Waals surface area contributed by atoms with E-state index in [4.69, 9.17) is 4.74 Å². The van der Waals surface area contributed by atoms with E-state index in [1.807, 2.05) is 12.1 Å². The Morgan fingerprint density at radius 2 is 1.67 bits per heavy atom. The predicted octanol–water partition coefficient (Wildman–Crippen LogP) is 4.17. The Balaban J connectivity index is 1.76. The van der Waals surface area contributed by atoms with Gasteiger partial charge < -0.3 is 10.1 Å². The zero-order valence-corrected chi connectivity index (χ0v) is 12.6. The van der Waals surface area contributed by atoms with Crippen molar-refractivity contribution in [2.75, 3.05) is 13.7 Å². The van der Waals surface area contributed by atoms with Crippen LogP contribution in [-0.2, 0) is 0 Å². The van der Waals surface area contributed by atoms with Crippen molar-refractivity contribution in [2.45, 2.75) is 25.3 Å². The third kappa shape index (κ3) is 3.85. The third-order valence-corrected chi connectivity index (χ3v) is 4.18. The molecular weight excluding hydrogens is 258 g/mol. The van der Waals surface area contributed by atoms with Crippen LogP contribution in [0.15, 0.2) is 54.6 Å². The molecule has 0 radical (unpaired) electrons. The highest BCUT2D eigenvalue weighted by Gasteiger charge is 2.21. The number of ether oxygens (including phenoxy) is 1. The van der Waals surface area contributed by atoms with Gasteiger partial charge in [-0.15, -0.1) is 0 Å². The second-order valence-electron chi connectivity index (χ2n) is 5.80. The van der Waals surface area contributed by atoms with Gasteiger partial charge in [0, 0.05) is 0 Å². The number of methoxy groups -OCH3 is 1. The molecular formula is C19H23NO. The van der Waals surface area contributed by atoms with Crippen LogP contribution in [0.5, 0.6) is 5.75 Å². The standard InChI is InChI=1S/C19H23NO/c1-21-18-11-9-17(10-12-18)19(16-5-3-2-4-6-16)20-14-13-15-7-8-15/h2-6,9-12,15,19-20H,7-8,13-14H2,1H3. The quantitative estimate of drug-likeness (QED) is 0.822. The molecule has 1 aliphatic carbocycles. The molecule has 3 rings (SSSR count). The molecule has 110 valence electrons. The van der Waals surface area contributed by atoms with Crippen LogP contribution < -0.4 is 10.1 Å². The molecule has 1 fully saturated rings. The average Bonchev–Trinajstić information content (AvgIpc) is 3.37. The van der Waals surface area contributed by atoms with Gasteiger partial charge in [-0.1, -0.05) is 55.3 Å². The summed E-state index contributed by atoms with van der Waals surface area (Å²) in [7, 11) is 1.71. The molecule has 2 nitrogen and oxygen atoms in total. The molecule has 1 N–H and O–H groups in total. The van der Waals surface area contributed by atoms with Crippen LogP contribution in [0.2, 0.25) is 0 Å². The van der Waals surface area contributed by atoms with Crippen LogP contribution in [0.25, 0.3) is 0 Å². The largest absolute Gasteiger partial charge is 0.497 e. The van der Waals surface area contributed by atoms with Gasteiger partial charge in [-0.2, -0.15) is 0 Å². The topological polar surface area (TPSA) is 21.3 Å². The smallest absolute Gasteiger partial charge is 0.118 e. The Bertz CT molecular complexity index is 546. The highest BCUT2D eigenvalue weighted by molar-refractivity contribution is 5.35. The van der Waals surface area contributed by atoms with Gasteiger partial charge in [-0.05, 0) is 42.1 Å². The molecule has 0 aliphatic heterocycles. The van der Waals surface area contributed by atoms with Crippen molar-refractivity contribution < 1.29 is 4.74 Å². The maximum atomic E-state index is 5.26. The van der Waals surface area contributed by atoms with E-state index in [9.17, 15) is 0 Å². The zero-order chi connectivity index (χ0) is 14.5. The Morgan fingerprint density at radius 3 is 2.29 bits per heavy atom. The Kier molecular flexibility index (Phi) is 4.56. The summed E-state index contributed by atoms with van der Waals surface area (Å²) in [6.07, 6.45) is 4.12. The molecule has 0 aromatic heterocycles. The lowest BCUT2D eigenvalue weighted by Gasteiger charge is -2.20. The predicted molar refractivity (Wildman–Crippen MR) is 86.6 cm³/mol. The number of benzene rings is 2. The van der Waals surface area contributed by atoms with E-state index >= 15 is 0 Å².